The molecule has 1 nitrogen and oxygen atoms in total. The Morgan fingerprint density at radius 3 is 1.64 bits per heavy atom. The number of rotatable bonds is 2. The van der Waals surface area contributed by atoms with Crippen LogP contribution < -0.4 is 0 Å². The third-order valence-electron chi connectivity index (χ3n) is 4.01. The first-order valence-electron chi connectivity index (χ1n) is 7.23. The molecule has 0 aromatic heterocycles. The largest absolute Gasteiger partial charge is 0.507 e. The first kappa shape index (κ1) is 14.7. The van der Waals surface area contributed by atoms with Crippen molar-refractivity contribution in [3.8, 4) is 28.0 Å². The van der Waals surface area contributed by atoms with Crippen LogP contribution in [0.2, 0.25) is 5.02 Å². The van der Waals surface area contributed by atoms with E-state index in [1.54, 1.807) is 0 Å². The van der Waals surface area contributed by atoms with Crippen LogP contribution in [-0.2, 0) is 0 Å². The minimum atomic E-state index is 0.267. The molecular formula is C20H17ClO. The van der Waals surface area contributed by atoms with Gasteiger partial charge in [0.1, 0.15) is 5.75 Å². The lowest BCUT2D eigenvalue weighted by Gasteiger charge is -2.19. The van der Waals surface area contributed by atoms with E-state index < -0.39 is 0 Å². The van der Waals surface area contributed by atoms with Gasteiger partial charge in [-0.25, -0.2) is 0 Å². The van der Waals surface area contributed by atoms with Gasteiger partial charge in [0.2, 0.25) is 0 Å². The third-order valence-corrected chi connectivity index (χ3v) is 4.48. The maximum atomic E-state index is 10.4. The van der Waals surface area contributed by atoms with Crippen molar-refractivity contribution < 1.29 is 5.11 Å². The number of phenols is 1. The van der Waals surface area contributed by atoms with Gasteiger partial charge in [0.05, 0.1) is 5.02 Å². The minimum absolute atomic E-state index is 0.267. The fraction of sp³-hybridized carbons (Fsp3) is 0.100. The normalized spacial score (nSPS) is 10.7. The van der Waals surface area contributed by atoms with E-state index in [0.717, 1.165) is 33.4 Å². The first-order chi connectivity index (χ1) is 10.6. The smallest absolute Gasteiger partial charge is 0.123 e. The molecule has 0 aliphatic carbocycles. The predicted molar refractivity (Wildman–Crippen MR) is 93.5 cm³/mol. The summed E-state index contributed by atoms with van der Waals surface area (Å²) in [6.45, 7) is 3.79. The summed E-state index contributed by atoms with van der Waals surface area (Å²) in [5.74, 6) is 0.267. The van der Waals surface area contributed by atoms with Crippen LogP contribution in [0.15, 0.2) is 60.7 Å². The maximum absolute atomic E-state index is 10.4. The molecule has 0 bridgehead atoms. The monoisotopic (exact) mass is 308 g/mol. The lowest BCUT2D eigenvalue weighted by molar-refractivity contribution is 0.467. The zero-order valence-electron chi connectivity index (χ0n) is 12.6. The molecule has 0 saturated heterocycles. The average Bonchev–Trinajstić information content (AvgIpc) is 2.57. The molecule has 0 radical (unpaired) electrons. The molecule has 0 atom stereocenters. The van der Waals surface area contributed by atoms with E-state index in [-0.39, 0.29) is 5.75 Å². The van der Waals surface area contributed by atoms with E-state index in [1.165, 1.54) is 0 Å². The highest BCUT2D eigenvalue weighted by Crippen LogP contribution is 2.45. The van der Waals surface area contributed by atoms with Gasteiger partial charge in [0, 0.05) is 11.1 Å². The molecule has 2 heteroatoms. The Balaban J connectivity index is 2.42. The second-order valence-corrected chi connectivity index (χ2v) is 5.77. The summed E-state index contributed by atoms with van der Waals surface area (Å²) in [6, 6.07) is 20.1. The highest BCUT2D eigenvalue weighted by atomic mass is 35.5. The van der Waals surface area contributed by atoms with E-state index in [4.69, 9.17) is 11.6 Å². The van der Waals surface area contributed by atoms with Crippen LogP contribution in [0.1, 0.15) is 11.1 Å². The minimum Gasteiger partial charge on any atom is -0.507 e. The van der Waals surface area contributed by atoms with Gasteiger partial charge in [-0.15, -0.1) is 0 Å². The second-order valence-electron chi connectivity index (χ2n) is 5.39. The van der Waals surface area contributed by atoms with Gasteiger partial charge in [0.25, 0.3) is 0 Å². The molecular weight excluding hydrogens is 292 g/mol. The molecule has 0 fully saturated rings. The molecule has 1 N–H and O–H groups in total. The number of benzene rings is 3. The van der Waals surface area contributed by atoms with E-state index in [2.05, 4.69) is 0 Å². The zero-order chi connectivity index (χ0) is 15.7. The Kier molecular flexibility index (Phi) is 3.91. The first-order valence-corrected chi connectivity index (χ1v) is 7.61. The summed E-state index contributed by atoms with van der Waals surface area (Å²) < 4.78 is 0. The van der Waals surface area contributed by atoms with E-state index in [9.17, 15) is 5.11 Å². The number of hydrogen-bond donors (Lipinski definition) is 1. The number of phenolic OH excluding ortho intramolecular Hbond substituents is 1. The Hall–Kier alpha value is -2.25. The second kappa shape index (κ2) is 5.86. The molecule has 3 aromatic carbocycles. The summed E-state index contributed by atoms with van der Waals surface area (Å²) >= 11 is 6.60. The molecule has 110 valence electrons. The van der Waals surface area contributed by atoms with Crippen molar-refractivity contribution >= 4 is 11.6 Å². The Labute approximate surface area is 135 Å². The van der Waals surface area contributed by atoms with Gasteiger partial charge in [-0.1, -0.05) is 72.3 Å². The molecule has 0 spiro atoms. The van der Waals surface area contributed by atoms with Crippen molar-refractivity contribution in [1.82, 2.24) is 0 Å². The van der Waals surface area contributed by atoms with Gasteiger partial charge >= 0.3 is 0 Å². The van der Waals surface area contributed by atoms with Crippen molar-refractivity contribution in [2.24, 2.45) is 0 Å². The summed E-state index contributed by atoms with van der Waals surface area (Å²) in [4.78, 5) is 0. The van der Waals surface area contributed by atoms with Crippen LogP contribution in [0.4, 0.5) is 0 Å². The topological polar surface area (TPSA) is 20.2 Å². The quantitative estimate of drug-likeness (QED) is 0.616. The molecule has 3 aromatic rings. The van der Waals surface area contributed by atoms with Crippen LogP contribution in [0, 0.1) is 13.8 Å². The maximum Gasteiger partial charge on any atom is 0.123 e. The predicted octanol–water partition coefficient (Wildman–Crippen LogP) is 6.00. The molecule has 0 amide bonds. The van der Waals surface area contributed by atoms with Crippen LogP contribution >= 0.6 is 11.6 Å². The Morgan fingerprint density at radius 2 is 1.14 bits per heavy atom. The fourth-order valence-corrected chi connectivity index (χ4v) is 3.12. The van der Waals surface area contributed by atoms with Gasteiger partial charge in [-0.2, -0.15) is 0 Å². The molecule has 3 rings (SSSR count). The third kappa shape index (κ3) is 2.38. The zero-order valence-corrected chi connectivity index (χ0v) is 13.4. The highest BCUT2D eigenvalue weighted by molar-refractivity contribution is 6.35. The molecule has 22 heavy (non-hydrogen) atoms. The molecule has 0 saturated carbocycles. The van der Waals surface area contributed by atoms with E-state index in [0.29, 0.717) is 5.02 Å². The molecule has 0 aliphatic heterocycles. The summed E-state index contributed by atoms with van der Waals surface area (Å²) in [5.41, 5.74) is 5.64. The summed E-state index contributed by atoms with van der Waals surface area (Å²) in [5, 5.41) is 11.0. The van der Waals surface area contributed by atoms with Crippen molar-refractivity contribution in [2.45, 2.75) is 13.8 Å². The van der Waals surface area contributed by atoms with Gasteiger partial charge in [-0.3, -0.25) is 0 Å². The molecule has 0 unspecified atom stereocenters. The summed E-state index contributed by atoms with van der Waals surface area (Å²) in [6.07, 6.45) is 0. The average molecular weight is 309 g/mol. The van der Waals surface area contributed by atoms with Crippen molar-refractivity contribution in [1.29, 1.82) is 0 Å². The van der Waals surface area contributed by atoms with Gasteiger partial charge < -0.3 is 5.11 Å². The number of hydrogen-bond acceptors (Lipinski definition) is 1. The highest BCUT2D eigenvalue weighted by Gasteiger charge is 2.20. The lowest BCUT2D eigenvalue weighted by Crippen LogP contribution is -1.94. The van der Waals surface area contributed by atoms with Gasteiger partial charge in [0.15, 0.2) is 0 Å². The fourth-order valence-electron chi connectivity index (χ4n) is 2.83. The SMILES string of the molecule is Cc1c(O)c(C)c(-c2ccccc2)c(-c2ccccc2)c1Cl. The Bertz CT molecular complexity index is 738. The number of aromatic hydroxyl groups is 1. The standard InChI is InChI=1S/C20H17ClO/c1-13-17(15-9-5-3-6-10-15)18(16-11-7-4-8-12-16)19(21)14(2)20(13)22/h3-12,22H,1-2H3. The van der Waals surface area contributed by atoms with Crippen LogP contribution in [0.25, 0.3) is 22.3 Å². The Morgan fingerprint density at radius 1 is 0.682 bits per heavy atom. The van der Waals surface area contributed by atoms with Crippen LogP contribution in [0.5, 0.6) is 5.75 Å². The van der Waals surface area contributed by atoms with Crippen LogP contribution in [0.3, 0.4) is 0 Å². The van der Waals surface area contributed by atoms with E-state index in [1.807, 2.05) is 74.5 Å². The van der Waals surface area contributed by atoms with Crippen molar-refractivity contribution in [3.05, 3.63) is 76.8 Å². The lowest BCUT2D eigenvalue weighted by atomic mass is 9.88. The molecule has 0 heterocycles. The van der Waals surface area contributed by atoms with Crippen molar-refractivity contribution in [3.63, 3.8) is 0 Å². The van der Waals surface area contributed by atoms with Crippen LogP contribution in [-0.4, -0.2) is 5.11 Å². The summed E-state index contributed by atoms with van der Waals surface area (Å²) in [7, 11) is 0. The number of halogens is 1. The molecule has 0 aliphatic rings. The van der Waals surface area contributed by atoms with Gasteiger partial charge in [-0.05, 0) is 36.1 Å². The van der Waals surface area contributed by atoms with E-state index >= 15 is 0 Å². The van der Waals surface area contributed by atoms with Crippen molar-refractivity contribution in [2.75, 3.05) is 0 Å².